The number of ketones is 2. The Morgan fingerprint density at radius 3 is 2.55 bits per heavy atom. The number of nitrogens with one attached hydrogen (secondary N) is 2. The quantitative estimate of drug-likeness (QED) is 0.383. The Bertz CT molecular complexity index is 811. The number of anilines is 2. The van der Waals surface area contributed by atoms with Crippen molar-refractivity contribution in [1.29, 1.82) is 0 Å². The summed E-state index contributed by atoms with van der Waals surface area (Å²) in [6.07, 6.45) is 6.51. The van der Waals surface area contributed by atoms with Crippen LogP contribution < -0.4 is 21.5 Å². The zero-order chi connectivity index (χ0) is 21.0. The minimum absolute atomic E-state index is 0.175. The molecule has 0 bridgehead atoms. The molecular weight excluding hydrogens is 370 g/mol. The summed E-state index contributed by atoms with van der Waals surface area (Å²) in [5, 5.41) is 5.66. The molecule has 0 aromatic heterocycles. The van der Waals surface area contributed by atoms with Crippen molar-refractivity contribution in [1.82, 2.24) is 4.90 Å². The van der Waals surface area contributed by atoms with Gasteiger partial charge in [0.15, 0.2) is 0 Å². The molecule has 1 aliphatic carbocycles. The minimum Gasteiger partial charge on any atom is -0.383 e. The Morgan fingerprint density at radius 1 is 1.07 bits per heavy atom. The van der Waals surface area contributed by atoms with Gasteiger partial charge in [-0.05, 0) is 57.5 Å². The first kappa shape index (κ1) is 21.7. The van der Waals surface area contributed by atoms with Crippen LogP contribution in [0.3, 0.4) is 0 Å². The van der Waals surface area contributed by atoms with Crippen molar-refractivity contribution in [3.05, 3.63) is 20.4 Å². The van der Waals surface area contributed by atoms with Crippen LogP contribution in [0.4, 0.5) is 11.4 Å². The van der Waals surface area contributed by atoms with E-state index in [1.165, 1.54) is 6.42 Å². The molecule has 160 valence electrons. The van der Waals surface area contributed by atoms with Gasteiger partial charge < -0.3 is 20.3 Å². The van der Waals surface area contributed by atoms with Gasteiger partial charge in [-0.15, -0.1) is 0 Å². The minimum atomic E-state index is -0.501. The van der Waals surface area contributed by atoms with Gasteiger partial charge >= 0.3 is 0 Å². The summed E-state index contributed by atoms with van der Waals surface area (Å²) in [5.74, 6) is 1.87. The topological polar surface area (TPSA) is 95.6 Å². The molecule has 2 aliphatic rings. The first-order chi connectivity index (χ1) is 13.9. The molecule has 0 radical (unpaired) electrons. The number of likely N-dealkylation sites (tertiary alicyclic amines) is 1. The van der Waals surface area contributed by atoms with Gasteiger partial charge in [0, 0.05) is 38.9 Å². The molecular formula is C22H33N3O4. The molecule has 2 fully saturated rings. The van der Waals surface area contributed by atoms with Crippen LogP contribution in [0.2, 0.25) is 0 Å². The van der Waals surface area contributed by atoms with Crippen LogP contribution >= 0.6 is 0 Å². The summed E-state index contributed by atoms with van der Waals surface area (Å²) in [5.41, 5.74) is -0.363. The van der Waals surface area contributed by atoms with Gasteiger partial charge in [0.25, 0.3) is 10.9 Å². The van der Waals surface area contributed by atoms with Crippen molar-refractivity contribution in [3.63, 3.8) is 0 Å². The second-order valence-corrected chi connectivity index (χ2v) is 8.67. The predicted molar refractivity (Wildman–Crippen MR) is 114 cm³/mol. The Balaban J connectivity index is 1.31. The van der Waals surface area contributed by atoms with Crippen molar-refractivity contribution in [2.24, 2.45) is 17.8 Å². The highest BCUT2D eigenvalue weighted by Crippen LogP contribution is 2.48. The zero-order valence-corrected chi connectivity index (χ0v) is 17.6. The van der Waals surface area contributed by atoms with Crippen LogP contribution in [0.25, 0.3) is 0 Å². The van der Waals surface area contributed by atoms with E-state index in [0.717, 1.165) is 45.3 Å². The number of rotatable bonds is 13. The van der Waals surface area contributed by atoms with Gasteiger partial charge in [0.2, 0.25) is 0 Å². The molecule has 7 nitrogen and oxygen atoms in total. The van der Waals surface area contributed by atoms with Crippen molar-refractivity contribution in [2.45, 2.75) is 51.9 Å². The average molecular weight is 404 g/mol. The van der Waals surface area contributed by atoms with Crippen LogP contribution in [0, 0.1) is 17.8 Å². The fourth-order valence-electron chi connectivity index (χ4n) is 4.70. The molecule has 1 saturated carbocycles. The maximum atomic E-state index is 12.5. The average Bonchev–Trinajstić information content (AvgIpc) is 3.37. The fraction of sp³-hybridized carbons (Fsp3) is 0.727. The van der Waals surface area contributed by atoms with E-state index < -0.39 is 10.9 Å². The molecule has 1 aliphatic heterocycles. The lowest BCUT2D eigenvalue weighted by Gasteiger charge is -2.16. The standard InChI is InChI=1S/C22H33N3O4/c1-14(26)6-4-3-5-10-25-11-8-15(13-25)16-12-17(16)18(27)7-9-24-20-19(23-2)21(28)22(20)29/h15-17,23-24H,3-13H2,1-2H3. The molecule has 2 N–H and O–H groups in total. The summed E-state index contributed by atoms with van der Waals surface area (Å²) >= 11 is 0. The van der Waals surface area contributed by atoms with Crippen molar-refractivity contribution >= 4 is 22.9 Å². The molecule has 1 heterocycles. The number of nitrogens with zero attached hydrogens (tertiary/aromatic N) is 1. The first-order valence-corrected chi connectivity index (χ1v) is 10.9. The third kappa shape index (κ3) is 5.32. The van der Waals surface area contributed by atoms with Crippen LogP contribution in [-0.4, -0.2) is 49.7 Å². The van der Waals surface area contributed by atoms with E-state index in [1.54, 1.807) is 14.0 Å². The van der Waals surface area contributed by atoms with E-state index >= 15 is 0 Å². The third-order valence-corrected chi connectivity index (χ3v) is 6.50. The van der Waals surface area contributed by atoms with Gasteiger partial charge in [0.05, 0.1) is 0 Å². The second kappa shape index (κ2) is 9.65. The lowest BCUT2D eigenvalue weighted by Crippen LogP contribution is -2.37. The van der Waals surface area contributed by atoms with E-state index in [2.05, 4.69) is 15.5 Å². The van der Waals surface area contributed by atoms with E-state index in [-0.39, 0.29) is 17.5 Å². The SMILES string of the molecule is CNc1c(NCCC(=O)C2CC2C2CCN(CCCCCC(C)=O)C2)c(=O)c1=O. The number of carbonyl (C=O) groups is 2. The first-order valence-electron chi connectivity index (χ1n) is 10.9. The van der Waals surface area contributed by atoms with Crippen LogP contribution in [0.15, 0.2) is 9.59 Å². The van der Waals surface area contributed by atoms with E-state index in [9.17, 15) is 19.2 Å². The third-order valence-electron chi connectivity index (χ3n) is 6.50. The highest BCUT2D eigenvalue weighted by Gasteiger charge is 2.48. The number of hydrogen-bond donors (Lipinski definition) is 2. The van der Waals surface area contributed by atoms with Gasteiger partial charge in [-0.1, -0.05) is 6.42 Å². The summed E-state index contributed by atoms with van der Waals surface area (Å²) < 4.78 is 0. The van der Waals surface area contributed by atoms with Gasteiger partial charge in [-0.3, -0.25) is 14.4 Å². The zero-order valence-electron chi connectivity index (χ0n) is 17.6. The fourth-order valence-corrected chi connectivity index (χ4v) is 4.70. The summed E-state index contributed by atoms with van der Waals surface area (Å²) in [4.78, 5) is 48.9. The monoisotopic (exact) mass is 403 g/mol. The molecule has 1 saturated heterocycles. The normalized spacial score (nSPS) is 24.0. The molecule has 29 heavy (non-hydrogen) atoms. The van der Waals surface area contributed by atoms with Crippen LogP contribution in [0.1, 0.15) is 51.9 Å². The lowest BCUT2D eigenvalue weighted by atomic mass is 9.99. The molecule has 1 aromatic carbocycles. The highest BCUT2D eigenvalue weighted by atomic mass is 16.2. The number of carbonyl (C=O) groups excluding carboxylic acids is 2. The van der Waals surface area contributed by atoms with E-state index in [4.69, 9.17) is 0 Å². The van der Waals surface area contributed by atoms with Crippen molar-refractivity contribution in [2.75, 3.05) is 43.9 Å². The Morgan fingerprint density at radius 2 is 1.83 bits per heavy atom. The lowest BCUT2D eigenvalue weighted by molar-refractivity contribution is -0.120. The van der Waals surface area contributed by atoms with Gasteiger partial charge in [0.1, 0.15) is 22.9 Å². The van der Waals surface area contributed by atoms with Crippen molar-refractivity contribution in [3.8, 4) is 0 Å². The van der Waals surface area contributed by atoms with Crippen LogP contribution in [-0.2, 0) is 9.59 Å². The number of Topliss-reactive ketones (excluding diaryl/α,β-unsaturated/α-hetero) is 2. The Labute approximate surface area is 171 Å². The second-order valence-electron chi connectivity index (χ2n) is 8.67. The maximum absolute atomic E-state index is 12.5. The summed E-state index contributed by atoms with van der Waals surface area (Å²) in [7, 11) is 1.61. The van der Waals surface area contributed by atoms with Crippen molar-refractivity contribution < 1.29 is 9.59 Å². The number of unbranched alkanes of at least 4 members (excludes halogenated alkanes) is 2. The Kier molecular flexibility index (Phi) is 7.22. The largest absolute Gasteiger partial charge is 0.383 e. The highest BCUT2D eigenvalue weighted by molar-refractivity contribution is 5.84. The summed E-state index contributed by atoms with van der Waals surface area (Å²) in [6, 6.07) is 0. The van der Waals surface area contributed by atoms with Crippen LogP contribution in [0.5, 0.6) is 0 Å². The molecule has 3 unspecified atom stereocenters. The van der Waals surface area contributed by atoms with Gasteiger partial charge in [-0.2, -0.15) is 0 Å². The molecule has 0 spiro atoms. The molecule has 3 rings (SSSR count). The molecule has 7 heteroatoms. The van der Waals surface area contributed by atoms with E-state index in [0.29, 0.717) is 42.6 Å². The molecule has 3 atom stereocenters. The molecule has 0 amide bonds. The number of hydrogen-bond acceptors (Lipinski definition) is 7. The van der Waals surface area contributed by atoms with Gasteiger partial charge in [-0.25, -0.2) is 0 Å². The smallest absolute Gasteiger partial charge is 0.253 e. The Hall–Kier alpha value is -2.02. The maximum Gasteiger partial charge on any atom is 0.253 e. The predicted octanol–water partition coefficient (Wildman–Crippen LogP) is 1.80. The molecule has 1 aromatic rings. The van der Waals surface area contributed by atoms with E-state index in [1.807, 2.05) is 0 Å². The summed E-state index contributed by atoms with van der Waals surface area (Å²) in [6.45, 7) is 5.36.